The van der Waals surface area contributed by atoms with Gasteiger partial charge in [-0.25, -0.2) is 4.98 Å². The molecular weight excluding hydrogens is 1050 g/mol. The second-order valence-electron chi connectivity index (χ2n) is 16.7. The van der Waals surface area contributed by atoms with Crippen molar-refractivity contribution in [3.63, 3.8) is 0 Å². The van der Waals surface area contributed by atoms with E-state index in [1.165, 1.54) is 13.2 Å². The number of amides is 4. The molecule has 6 atom stereocenters. The van der Waals surface area contributed by atoms with E-state index in [2.05, 4.69) is 52.5 Å². The fraction of sp³-hybridized carbons (Fsp3) is 0.255. The first-order valence-electron chi connectivity index (χ1n) is 20.6. The Morgan fingerprint density at radius 1 is 0.881 bits per heavy atom. The topological polar surface area (TPSA) is 157 Å². The molecule has 20 heteroatoms. The maximum atomic E-state index is 15.6. The quantitative estimate of drug-likeness (QED) is 0.0833. The number of phenols is 1. The summed E-state index contributed by atoms with van der Waals surface area (Å²) in [5.74, 6) is -8.23. The van der Waals surface area contributed by atoms with Gasteiger partial charge in [-0.15, -0.1) is 0 Å². The number of pyridine rings is 1. The Balaban J connectivity index is 1.15. The van der Waals surface area contributed by atoms with Crippen molar-refractivity contribution in [3.05, 3.63) is 138 Å². The second kappa shape index (κ2) is 17.4. The SMILES string of the molecule is COc1cc(C2C3=CCC4C(=O)N(c5ccc(N=Nc6ccc(N(C)C)cc6)cc5)C(=O)C4C3CC3C(=O)N(Nc4ncc(C(F)(F)F)cc4Cl)C(=O)C32c2ccc(Cl)cc2)c(Br)c(Br)c1O. The zero-order chi connectivity index (χ0) is 47.9. The number of carbonyl (C=O) groups excluding carboxylic acids is 4. The monoisotopic (exact) mass is 1080 g/mol. The molecule has 2 saturated heterocycles. The van der Waals surface area contributed by atoms with E-state index >= 15 is 9.59 Å². The third-order valence-electron chi connectivity index (χ3n) is 13.0. The molecule has 5 aromatic rings. The molecule has 2 N–H and O–H groups in total. The van der Waals surface area contributed by atoms with Crippen LogP contribution < -0.4 is 20.0 Å². The molecule has 3 heterocycles. The summed E-state index contributed by atoms with van der Waals surface area (Å²) in [6.07, 6.45) is -2.43. The number of nitrogens with zero attached hydrogens (tertiary/aromatic N) is 6. The molecule has 9 rings (SSSR count). The third-order valence-corrected chi connectivity index (χ3v) is 15.7. The number of aromatic hydroxyl groups is 1. The summed E-state index contributed by atoms with van der Waals surface area (Å²) in [5, 5.41) is 20.3. The van der Waals surface area contributed by atoms with Crippen LogP contribution in [0.25, 0.3) is 0 Å². The van der Waals surface area contributed by atoms with Crippen LogP contribution in [0.1, 0.15) is 35.4 Å². The number of ether oxygens (including phenoxy) is 1. The first-order chi connectivity index (χ1) is 31.9. The van der Waals surface area contributed by atoms with Crippen molar-refractivity contribution in [2.75, 3.05) is 36.4 Å². The van der Waals surface area contributed by atoms with Crippen LogP contribution in [-0.2, 0) is 30.8 Å². The highest BCUT2D eigenvalue weighted by Gasteiger charge is 2.71. The van der Waals surface area contributed by atoms with E-state index in [0.29, 0.717) is 60.5 Å². The molecule has 13 nitrogen and oxygen atoms in total. The summed E-state index contributed by atoms with van der Waals surface area (Å²) < 4.78 is 47.0. The number of nitrogens with one attached hydrogen (secondary N) is 1. The van der Waals surface area contributed by atoms with Crippen molar-refractivity contribution < 1.29 is 42.2 Å². The molecule has 6 unspecified atom stereocenters. The van der Waals surface area contributed by atoms with Crippen LogP contribution in [0.15, 0.2) is 122 Å². The Labute approximate surface area is 407 Å². The second-order valence-corrected chi connectivity index (χ2v) is 19.1. The van der Waals surface area contributed by atoms with E-state index in [-0.39, 0.29) is 28.8 Å². The van der Waals surface area contributed by atoms with Crippen molar-refractivity contribution >= 4 is 107 Å². The van der Waals surface area contributed by atoms with Gasteiger partial charge in [0.2, 0.25) is 11.8 Å². The van der Waals surface area contributed by atoms with Crippen molar-refractivity contribution in [3.8, 4) is 11.5 Å². The van der Waals surface area contributed by atoms with Gasteiger partial charge < -0.3 is 14.7 Å². The first-order valence-corrected chi connectivity index (χ1v) is 23.0. The summed E-state index contributed by atoms with van der Waals surface area (Å²) in [5.41, 5.74) is 3.32. The normalized spacial score (nSPS) is 23.6. The number of methoxy groups -OCH3 is 1. The van der Waals surface area contributed by atoms with E-state index in [1.54, 1.807) is 48.5 Å². The molecule has 4 amide bonds. The van der Waals surface area contributed by atoms with E-state index in [0.717, 1.165) is 10.6 Å². The maximum Gasteiger partial charge on any atom is 0.417 e. The fourth-order valence-electron chi connectivity index (χ4n) is 9.96. The summed E-state index contributed by atoms with van der Waals surface area (Å²) in [7, 11) is 5.21. The summed E-state index contributed by atoms with van der Waals surface area (Å²) in [6.45, 7) is 0. The number of anilines is 3. The maximum absolute atomic E-state index is 15.6. The minimum atomic E-state index is -4.78. The molecule has 0 radical (unpaired) electrons. The standard InChI is InChI=1S/C47H36Br2Cl2F3N7O6/c1-59(2)27-12-8-25(9-13-27)56-57-26-10-14-28(15-11-26)60-42(63)30-17-16-29-31(36(30)44(60)65)19-33-43(64)61(58-41-34(51)18-23(21-55-41)47(52,53)54)45(66)46(33,22-4-6-24(50)7-5-22)37(29)32-20-35(67-3)40(62)39(49)38(32)48/h4-16,18,20-21,30-31,33,36-37,62H,17,19H2,1-3H3,(H,55,58). The van der Waals surface area contributed by atoms with Gasteiger partial charge in [0.25, 0.3) is 11.8 Å². The molecule has 67 heavy (non-hydrogen) atoms. The predicted molar refractivity (Wildman–Crippen MR) is 251 cm³/mol. The molecule has 0 spiro atoms. The van der Waals surface area contributed by atoms with Gasteiger partial charge in [-0.2, -0.15) is 28.4 Å². The van der Waals surface area contributed by atoms with Crippen molar-refractivity contribution in [1.29, 1.82) is 0 Å². The summed E-state index contributed by atoms with van der Waals surface area (Å²) in [6, 6.07) is 22.5. The molecule has 0 bridgehead atoms. The number of hydrogen-bond acceptors (Lipinski definition) is 11. The Kier molecular flexibility index (Phi) is 12.0. The molecule has 3 fully saturated rings. The number of phenolic OH excluding ortho intramolecular Hbond substituents is 1. The van der Waals surface area contributed by atoms with Crippen LogP contribution in [0, 0.1) is 23.7 Å². The number of allylic oxidation sites excluding steroid dienone is 2. The Hall–Kier alpha value is -5.82. The van der Waals surface area contributed by atoms with Crippen LogP contribution in [0.4, 0.5) is 41.7 Å². The van der Waals surface area contributed by atoms with Crippen LogP contribution in [0.2, 0.25) is 10.0 Å². The Bertz CT molecular complexity index is 2940. The highest BCUT2D eigenvalue weighted by molar-refractivity contribution is 9.13. The number of imide groups is 2. The first kappa shape index (κ1) is 46.3. The lowest BCUT2D eigenvalue weighted by Gasteiger charge is -2.51. The number of hydrazine groups is 1. The van der Waals surface area contributed by atoms with E-state index in [1.807, 2.05) is 49.3 Å². The zero-order valence-electron chi connectivity index (χ0n) is 35.4. The Morgan fingerprint density at radius 3 is 2.12 bits per heavy atom. The lowest BCUT2D eigenvalue weighted by Crippen LogP contribution is -2.53. The van der Waals surface area contributed by atoms with Gasteiger partial charge in [0.05, 0.1) is 62.4 Å². The molecule has 1 aromatic heterocycles. The van der Waals surface area contributed by atoms with Crippen molar-refractivity contribution in [1.82, 2.24) is 9.99 Å². The fourth-order valence-corrected chi connectivity index (χ4v) is 11.3. The highest BCUT2D eigenvalue weighted by atomic mass is 79.9. The van der Waals surface area contributed by atoms with Gasteiger partial charge in [-0.05, 0) is 135 Å². The van der Waals surface area contributed by atoms with E-state index in [4.69, 9.17) is 27.9 Å². The number of carbonyl (C=O) groups is 4. The number of benzene rings is 4. The lowest BCUT2D eigenvalue weighted by atomic mass is 9.49. The van der Waals surface area contributed by atoms with Crippen LogP contribution in [0.5, 0.6) is 11.5 Å². The van der Waals surface area contributed by atoms with Crippen LogP contribution >= 0.6 is 55.1 Å². The Morgan fingerprint density at radius 2 is 1.52 bits per heavy atom. The number of fused-ring (bicyclic) bond motifs is 4. The number of hydrogen-bond donors (Lipinski definition) is 2. The smallest absolute Gasteiger partial charge is 0.417 e. The number of rotatable bonds is 9. The average Bonchev–Trinajstić information content (AvgIpc) is 3.69. The number of azo groups is 1. The summed E-state index contributed by atoms with van der Waals surface area (Å²) >= 11 is 19.8. The molecular formula is C47H36Br2Cl2F3N7O6. The molecule has 4 aliphatic rings. The van der Waals surface area contributed by atoms with Gasteiger partial charge in [-0.1, -0.05) is 47.0 Å². The van der Waals surface area contributed by atoms with Gasteiger partial charge in [-0.3, -0.25) is 29.5 Å². The van der Waals surface area contributed by atoms with Gasteiger partial charge >= 0.3 is 6.18 Å². The van der Waals surface area contributed by atoms with Crippen LogP contribution in [0.3, 0.4) is 0 Å². The van der Waals surface area contributed by atoms with E-state index < -0.39 is 81.2 Å². The number of halogens is 7. The zero-order valence-corrected chi connectivity index (χ0v) is 40.0. The molecule has 4 aromatic carbocycles. The molecule has 2 aliphatic heterocycles. The highest BCUT2D eigenvalue weighted by Crippen LogP contribution is 2.66. The number of aromatic nitrogens is 1. The molecule has 1 saturated carbocycles. The largest absolute Gasteiger partial charge is 0.503 e. The van der Waals surface area contributed by atoms with Crippen LogP contribution in [-0.4, -0.2) is 59.9 Å². The van der Waals surface area contributed by atoms with Crippen molar-refractivity contribution in [2.45, 2.75) is 30.4 Å². The number of alkyl halides is 3. The van der Waals surface area contributed by atoms with Gasteiger partial charge in [0.1, 0.15) is 0 Å². The predicted octanol–water partition coefficient (Wildman–Crippen LogP) is 11.3. The van der Waals surface area contributed by atoms with Gasteiger partial charge in [0, 0.05) is 41.4 Å². The lowest BCUT2D eigenvalue weighted by molar-refractivity contribution is -0.139. The average molecular weight is 1080 g/mol. The van der Waals surface area contributed by atoms with E-state index in [9.17, 15) is 27.9 Å². The van der Waals surface area contributed by atoms with Crippen molar-refractivity contribution in [2.24, 2.45) is 33.9 Å². The molecule has 2 aliphatic carbocycles. The minimum absolute atomic E-state index is 0.0142. The summed E-state index contributed by atoms with van der Waals surface area (Å²) in [4.78, 5) is 67.1. The third kappa shape index (κ3) is 7.65. The van der Waals surface area contributed by atoms with Gasteiger partial charge in [0.15, 0.2) is 17.3 Å². The minimum Gasteiger partial charge on any atom is -0.503 e. The molecule has 344 valence electrons.